The van der Waals surface area contributed by atoms with Crippen LogP contribution in [-0.2, 0) is 6.18 Å². The lowest BCUT2D eigenvalue weighted by Crippen LogP contribution is -2.11. The maximum absolute atomic E-state index is 13.6. The predicted octanol–water partition coefficient (Wildman–Crippen LogP) is 6.70. The van der Waals surface area contributed by atoms with Crippen molar-refractivity contribution < 1.29 is 31.1 Å². The molecule has 3 rings (SSSR count). The number of aromatic nitrogens is 1. The lowest BCUT2D eigenvalue weighted by atomic mass is 10.1. The zero-order valence-electron chi connectivity index (χ0n) is 13.9. The van der Waals surface area contributed by atoms with Crippen LogP contribution in [-0.4, -0.2) is 4.98 Å². The SMILES string of the molecule is CCCC(Oc1ccc(F)c(C(F)(F)F)c1)c1nc2cc(Cl)c(F)cc2o1. The van der Waals surface area contributed by atoms with E-state index in [1.165, 1.54) is 6.07 Å². The second-order valence-electron chi connectivity index (χ2n) is 5.82. The second-order valence-corrected chi connectivity index (χ2v) is 6.23. The van der Waals surface area contributed by atoms with Crippen LogP contribution in [0.1, 0.15) is 37.3 Å². The lowest BCUT2D eigenvalue weighted by Gasteiger charge is -2.17. The molecule has 0 saturated heterocycles. The maximum atomic E-state index is 13.6. The van der Waals surface area contributed by atoms with E-state index in [0.717, 1.165) is 12.1 Å². The van der Waals surface area contributed by atoms with Crippen molar-refractivity contribution in [1.29, 1.82) is 0 Å². The molecular formula is C18H13ClF5NO2. The van der Waals surface area contributed by atoms with Gasteiger partial charge in [0.2, 0.25) is 5.89 Å². The molecule has 0 aliphatic carbocycles. The predicted molar refractivity (Wildman–Crippen MR) is 88.7 cm³/mol. The number of nitrogens with zero attached hydrogens (tertiary/aromatic N) is 1. The van der Waals surface area contributed by atoms with Gasteiger partial charge in [-0.15, -0.1) is 0 Å². The van der Waals surface area contributed by atoms with E-state index in [9.17, 15) is 22.0 Å². The molecule has 9 heteroatoms. The molecule has 0 aliphatic heterocycles. The fourth-order valence-electron chi connectivity index (χ4n) is 2.53. The highest BCUT2D eigenvalue weighted by atomic mass is 35.5. The molecule has 27 heavy (non-hydrogen) atoms. The van der Waals surface area contributed by atoms with Gasteiger partial charge < -0.3 is 9.15 Å². The van der Waals surface area contributed by atoms with Crippen LogP contribution in [0.2, 0.25) is 5.02 Å². The molecule has 0 aliphatic rings. The van der Waals surface area contributed by atoms with Crippen molar-refractivity contribution in [2.24, 2.45) is 0 Å². The minimum atomic E-state index is -4.85. The van der Waals surface area contributed by atoms with Gasteiger partial charge in [0, 0.05) is 6.07 Å². The Morgan fingerprint density at radius 1 is 1.15 bits per heavy atom. The van der Waals surface area contributed by atoms with Crippen molar-refractivity contribution in [3.63, 3.8) is 0 Å². The standard InChI is InChI=1S/C18H13ClF5NO2/c1-2-3-15(17-25-14-7-11(19)13(21)8-16(14)27-17)26-9-4-5-12(20)10(6-9)18(22,23)24/h4-8,15H,2-3H2,1H3. The van der Waals surface area contributed by atoms with Gasteiger partial charge in [0.1, 0.15) is 22.9 Å². The number of rotatable bonds is 5. The zero-order chi connectivity index (χ0) is 19.8. The van der Waals surface area contributed by atoms with E-state index in [1.54, 1.807) is 0 Å². The van der Waals surface area contributed by atoms with Crippen molar-refractivity contribution in [3.05, 3.63) is 58.4 Å². The molecule has 144 valence electrons. The number of ether oxygens (including phenoxy) is 1. The van der Waals surface area contributed by atoms with Crippen molar-refractivity contribution in [2.75, 3.05) is 0 Å². The van der Waals surface area contributed by atoms with E-state index in [4.69, 9.17) is 20.8 Å². The van der Waals surface area contributed by atoms with Crippen molar-refractivity contribution >= 4 is 22.7 Å². The van der Waals surface area contributed by atoms with Crippen LogP contribution in [0, 0.1) is 11.6 Å². The van der Waals surface area contributed by atoms with Gasteiger partial charge in [0.05, 0.1) is 10.6 Å². The summed E-state index contributed by atoms with van der Waals surface area (Å²) in [4.78, 5) is 4.18. The summed E-state index contributed by atoms with van der Waals surface area (Å²) in [5.41, 5.74) is -1.01. The van der Waals surface area contributed by atoms with E-state index in [0.29, 0.717) is 25.0 Å². The van der Waals surface area contributed by atoms with Gasteiger partial charge in [0.15, 0.2) is 11.7 Å². The van der Waals surface area contributed by atoms with E-state index in [2.05, 4.69) is 4.98 Å². The first-order valence-electron chi connectivity index (χ1n) is 7.98. The number of hydrogen-bond donors (Lipinski definition) is 0. The Hall–Kier alpha value is -2.35. The summed E-state index contributed by atoms with van der Waals surface area (Å²) >= 11 is 5.71. The zero-order valence-corrected chi connectivity index (χ0v) is 14.7. The van der Waals surface area contributed by atoms with Crippen LogP contribution in [0.5, 0.6) is 5.75 Å². The van der Waals surface area contributed by atoms with Crippen LogP contribution in [0.15, 0.2) is 34.7 Å². The van der Waals surface area contributed by atoms with Gasteiger partial charge in [-0.1, -0.05) is 24.9 Å². The Labute approximate surface area is 155 Å². The molecule has 2 aromatic carbocycles. The van der Waals surface area contributed by atoms with E-state index in [-0.39, 0.29) is 27.8 Å². The molecule has 0 saturated carbocycles. The van der Waals surface area contributed by atoms with Crippen LogP contribution in [0.3, 0.4) is 0 Å². The highest BCUT2D eigenvalue weighted by Crippen LogP contribution is 2.36. The first kappa shape index (κ1) is 19.4. The average molecular weight is 406 g/mol. The fraction of sp³-hybridized carbons (Fsp3) is 0.278. The molecule has 3 aromatic rings. The van der Waals surface area contributed by atoms with Crippen LogP contribution in [0.4, 0.5) is 22.0 Å². The third kappa shape index (κ3) is 4.16. The smallest absolute Gasteiger partial charge is 0.419 e. The normalized spacial score (nSPS) is 13.1. The summed E-state index contributed by atoms with van der Waals surface area (Å²) in [7, 11) is 0. The quantitative estimate of drug-likeness (QED) is 0.443. The molecule has 0 N–H and O–H groups in total. The molecular weight excluding hydrogens is 393 g/mol. The minimum Gasteiger partial charge on any atom is -0.481 e. The molecule has 1 unspecified atom stereocenters. The molecule has 0 spiro atoms. The average Bonchev–Trinajstić information content (AvgIpc) is 2.98. The second kappa shape index (κ2) is 7.34. The monoisotopic (exact) mass is 405 g/mol. The number of benzene rings is 2. The highest BCUT2D eigenvalue weighted by Gasteiger charge is 2.34. The Kier molecular flexibility index (Phi) is 5.28. The lowest BCUT2D eigenvalue weighted by molar-refractivity contribution is -0.140. The highest BCUT2D eigenvalue weighted by molar-refractivity contribution is 6.31. The Balaban J connectivity index is 1.95. The Morgan fingerprint density at radius 3 is 2.56 bits per heavy atom. The minimum absolute atomic E-state index is 0.0615. The van der Waals surface area contributed by atoms with Gasteiger partial charge in [-0.3, -0.25) is 0 Å². The number of oxazole rings is 1. The first-order chi connectivity index (χ1) is 12.7. The van der Waals surface area contributed by atoms with Gasteiger partial charge in [-0.2, -0.15) is 13.2 Å². The summed E-state index contributed by atoms with van der Waals surface area (Å²) in [5.74, 6) is -2.21. The molecule has 1 atom stereocenters. The molecule has 3 nitrogen and oxygen atoms in total. The molecule has 1 aromatic heterocycles. The van der Waals surface area contributed by atoms with Crippen LogP contribution >= 0.6 is 11.6 Å². The molecule has 0 amide bonds. The summed E-state index contributed by atoms with van der Waals surface area (Å²) in [5, 5.41) is -0.135. The van der Waals surface area contributed by atoms with Crippen LogP contribution < -0.4 is 4.74 Å². The number of fused-ring (bicyclic) bond motifs is 1. The summed E-state index contributed by atoms with van der Waals surface area (Å²) in [6, 6.07) is 4.70. The number of hydrogen-bond acceptors (Lipinski definition) is 3. The molecule has 1 heterocycles. The van der Waals surface area contributed by atoms with Gasteiger partial charge in [-0.25, -0.2) is 13.8 Å². The maximum Gasteiger partial charge on any atom is 0.419 e. The number of halogens is 6. The first-order valence-corrected chi connectivity index (χ1v) is 8.35. The molecule has 0 bridgehead atoms. The molecule has 0 radical (unpaired) electrons. The summed E-state index contributed by atoms with van der Waals surface area (Å²) in [6.45, 7) is 1.83. The van der Waals surface area contributed by atoms with Gasteiger partial charge in [0.25, 0.3) is 0 Å². The van der Waals surface area contributed by atoms with E-state index in [1.807, 2.05) is 6.92 Å². The molecule has 0 fully saturated rings. The topological polar surface area (TPSA) is 35.3 Å². The van der Waals surface area contributed by atoms with Gasteiger partial charge >= 0.3 is 6.18 Å². The van der Waals surface area contributed by atoms with Crippen molar-refractivity contribution in [2.45, 2.75) is 32.0 Å². The van der Waals surface area contributed by atoms with E-state index < -0.39 is 29.5 Å². The fourth-order valence-corrected chi connectivity index (χ4v) is 2.69. The van der Waals surface area contributed by atoms with E-state index >= 15 is 0 Å². The summed E-state index contributed by atoms with van der Waals surface area (Å²) in [6.07, 6.45) is -4.72. The Morgan fingerprint density at radius 2 is 1.89 bits per heavy atom. The van der Waals surface area contributed by atoms with Crippen LogP contribution in [0.25, 0.3) is 11.1 Å². The third-order valence-corrected chi connectivity index (χ3v) is 4.08. The van der Waals surface area contributed by atoms with Crippen molar-refractivity contribution in [1.82, 2.24) is 4.98 Å². The Bertz CT molecular complexity index is 931. The third-order valence-electron chi connectivity index (χ3n) is 3.79. The summed E-state index contributed by atoms with van der Waals surface area (Å²) < 4.78 is 76.7. The van der Waals surface area contributed by atoms with Crippen molar-refractivity contribution in [3.8, 4) is 5.75 Å². The van der Waals surface area contributed by atoms with Gasteiger partial charge in [-0.05, 0) is 30.7 Å². The largest absolute Gasteiger partial charge is 0.481 e. The number of alkyl halides is 3.